The Morgan fingerprint density at radius 1 is 1.00 bits per heavy atom. The van der Waals surface area contributed by atoms with Crippen molar-refractivity contribution in [3.05, 3.63) is 71.4 Å². The summed E-state index contributed by atoms with van der Waals surface area (Å²) >= 11 is 0. The first kappa shape index (κ1) is 22.6. The summed E-state index contributed by atoms with van der Waals surface area (Å²) in [4.78, 5) is 40.4. The van der Waals surface area contributed by atoms with Gasteiger partial charge in [0.1, 0.15) is 11.2 Å². The number of fused-ring (bicyclic) bond motifs is 3. The van der Waals surface area contributed by atoms with Crippen LogP contribution in [0.2, 0.25) is 0 Å². The third kappa shape index (κ3) is 4.23. The quantitative estimate of drug-likeness (QED) is 0.585. The summed E-state index contributed by atoms with van der Waals surface area (Å²) in [5, 5.41) is 6.55. The number of amides is 3. The van der Waals surface area contributed by atoms with Gasteiger partial charge in [0.15, 0.2) is 0 Å². The Hall–Kier alpha value is -3.61. The molecular formula is C26H30N4O3. The number of aromatic nitrogens is 1. The number of benzene rings is 2. The molecule has 4 rings (SSSR count). The molecule has 3 aromatic rings. The predicted octanol–water partition coefficient (Wildman–Crippen LogP) is 2.87. The fourth-order valence-electron chi connectivity index (χ4n) is 4.51. The van der Waals surface area contributed by atoms with Gasteiger partial charge >= 0.3 is 0 Å². The van der Waals surface area contributed by atoms with Crippen LogP contribution in [-0.4, -0.2) is 45.8 Å². The normalized spacial score (nSPS) is 17.7. The largest absolute Gasteiger partial charge is 0.350 e. The fourth-order valence-corrected chi connectivity index (χ4v) is 4.51. The Kier molecular flexibility index (Phi) is 6.22. The summed E-state index contributed by atoms with van der Waals surface area (Å²) in [6.07, 6.45) is 0.967. The standard InChI is InChI=1S/C26H30N4O3/c1-4-18-10-12-19(13-11-18)15-27-23(31)16-28-25(33)26(3)17-29-21-9-7-6-8-20(21)14-22(29)24(32)30(26)5-2/h6-14H,4-5,15-17H2,1-3H3,(H,27,31)(H,28,33)/t26-/m1/s1. The number of para-hydroxylation sites is 1. The topological polar surface area (TPSA) is 83.4 Å². The lowest BCUT2D eigenvalue weighted by atomic mass is 9.95. The molecule has 2 N–H and O–H groups in total. The fraction of sp³-hybridized carbons (Fsp3) is 0.346. The third-order valence-corrected chi connectivity index (χ3v) is 6.47. The maximum Gasteiger partial charge on any atom is 0.271 e. The van der Waals surface area contributed by atoms with E-state index in [1.165, 1.54) is 5.56 Å². The molecule has 1 aliphatic heterocycles. The maximum atomic E-state index is 13.3. The van der Waals surface area contributed by atoms with Crippen LogP contribution in [0.3, 0.4) is 0 Å². The zero-order valence-corrected chi connectivity index (χ0v) is 19.4. The lowest BCUT2D eigenvalue weighted by Crippen LogP contribution is -2.64. The van der Waals surface area contributed by atoms with Crippen LogP contribution in [0.25, 0.3) is 10.9 Å². The number of nitrogens with zero attached hydrogens (tertiary/aromatic N) is 2. The number of nitrogens with one attached hydrogen (secondary N) is 2. The molecule has 2 heterocycles. The Morgan fingerprint density at radius 2 is 1.70 bits per heavy atom. The molecule has 7 nitrogen and oxygen atoms in total. The molecule has 1 aromatic heterocycles. The molecule has 0 saturated carbocycles. The van der Waals surface area contributed by atoms with Crippen molar-refractivity contribution in [3.63, 3.8) is 0 Å². The number of likely N-dealkylation sites (N-methyl/N-ethyl adjacent to an activating group) is 1. The molecule has 0 unspecified atom stereocenters. The molecule has 3 amide bonds. The minimum absolute atomic E-state index is 0.146. The predicted molar refractivity (Wildman–Crippen MR) is 128 cm³/mol. The minimum atomic E-state index is -1.10. The van der Waals surface area contributed by atoms with Gasteiger partial charge in [-0.15, -0.1) is 0 Å². The second-order valence-corrected chi connectivity index (χ2v) is 8.63. The number of hydrogen-bond acceptors (Lipinski definition) is 3. The van der Waals surface area contributed by atoms with Gasteiger partial charge in [-0.25, -0.2) is 0 Å². The van der Waals surface area contributed by atoms with Crippen LogP contribution in [0.1, 0.15) is 42.4 Å². The molecule has 172 valence electrons. The van der Waals surface area contributed by atoms with Crippen molar-refractivity contribution >= 4 is 28.6 Å². The third-order valence-electron chi connectivity index (χ3n) is 6.47. The number of carbonyl (C=O) groups is 3. The highest BCUT2D eigenvalue weighted by Gasteiger charge is 2.46. The highest BCUT2D eigenvalue weighted by Crippen LogP contribution is 2.32. The van der Waals surface area contributed by atoms with E-state index < -0.39 is 5.54 Å². The van der Waals surface area contributed by atoms with Crippen LogP contribution in [0.4, 0.5) is 0 Å². The smallest absolute Gasteiger partial charge is 0.271 e. The van der Waals surface area contributed by atoms with Gasteiger partial charge in [0, 0.05) is 24.0 Å². The number of hydrogen-bond donors (Lipinski definition) is 2. The van der Waals surface area contributed by atoms with Crippen molar-refractivity contribution in [2.75, 3.05) is 13.1 Å². The zero-order valence-electron chi connectivity index (χ0n) is 19.4. The van der Waals surface area contributed by atoms with E-state index in [1.54, 1.807) is 11.8 Å². The van der Waals surface area contributed by atoms with E-state index in [1.807, 2.05) is 66.1 Å². The molecule has 0 spiro atoms. The van der Waals surface area contributed by atoms with Gasteiger partial charge in [-0.3, -0.25) is 14.4 Å². The average Bonchev–Trinajstić information content (AvgIpc) is 3.20. The maximum absolute atomic E-state index is 13.3. The van der Waals surface area contributed by atoms with E-state index in [2.05, 4.69) is 17.6 Å². The molecule has 1 aliphatic rings. The van der Waals surface area contributed by atoms with Crippen LogP contribution in [-0.2, 0) is 29.1 Å². The lowest BCUT2D eigenvalue weighted by molar-refractivity contribution is -0.134. The van der Waals surface area contributed by atoms with Crippen LogP contribution in [0.15, 0.2) is 54.6 Å². The average molecular weight is 447 g/mol. The second kappa shape index (κ2) is 9.10. The summed E-state index contributed by atoms with van der Waals surface area (Å²) in [6, 6.07) is 17.7. The van der Waals surface area contributed by atoms with Crippen molar-refractivity contribution in [2.24, 2.45) is 0 Å². The number of carbonyl (C=O) groups excluding carboxylic acids is 3. The first-order valence-electron chi connectivity index (χ1n) is 11.4. The summed E-state index contributed by atoms with van der Waals surface area (Å²) in [7, 11) is 0. The molecule has 7 heteroatoms. The van der Waals surface area contributed by atoms with E-state index in [-0.39, 0.29) is 24.3 Å². The SMILES string of the molecule is CCc1ccc(CNC(=O)CNC(=O)[C@@]2(C)Cn3c(cc4ccccc43)C(=O)N2CC)cc1. The first-order valence-corrected chi connectivity index (χ1v) is 11.4. The molecule has 0 radical (unpaired) electrons. The lowest BCUT2D eigenvalue weighted by Gasteiger charge is -2.43. The van der Waals surface area contributed by atoms with Crippen molar-refractivity contribution in [3.8, 4) is 0 Å². The molecule has 0 saturated heterocycles. The molecule has 0 fully saturated rings. The molecule has 2 aromatic carbocycles. The molecule has 1 atom stereocenters. The minimum Gasteiger partial charge on any atom is -0.350 e. The van der Waals surface area contributed by atoms with Crippen molar-refractivity contribution < 1.29 is 14.4 Å². The Balaban J connectivity index is 1.44. The van der Waals surface area contributed by atoms with E-state index in [0.717, 1.165) is 22.9 Å². The second-order valence-electron chi connectivity index (χ2n) is 8.63. The van der Waals surface area contributed by atoms with Gasteiger partial charge in [-0.1, -0.05) is 49.4 Å². The highest BCUT2D eigenvalue weighted by molar-refractivity contribution is 6.04. The van der Waals surface area contributed by atoms with Gasteiger partial charge < -0.3 is 20.1 Å². The van der Waals surface area contributed by atoms with Gasteiger partial charge in [0.05, 0.1) is 13.1 Å². The van der Waals surface area contributed by atoms with Crippen molar-refractivity contribution in [1.29, 1.82) is 0 Å². The Bertz CT molecular complexity index is 1200. The highest BCUT2D eigenvalue weighted by atomic mass is 16.2. The van der Waals surface area contributed by atoms with Gasteiger partial charge in [0.25, 0.3) is 5.91 Å². The Morgan fingerprint density at radius 3 is 2.39 bits per heavy atom. The zero-order chi connectivity index (χ0) is 23.6. The van der Waals surface area contributed by atoms with Crippen LogP contribution >= 0.6 is 0 Å². The molecule has 33 heavy (non-hydrogen) atoms. The first-order chi connectivity index (χ1) is 15.9. The summed E-state index contributed by atoms with van der Waals surface area (Å²) in [6.45, 7) is 6.68. The molecule has 0 aliphatic carbocycles. The van der Waals surface area contributed by atoms with Crippen LogP contribution < -0.4 is 10.6 Å². The molecule has 0 bridgehead atoms. The van der Waals surface area contributed by atoms with Crippen LogP contribution in [0.5, 0.6) is 0 Å². The number of rotatable bonds is 7. The van der Waals surface area contributed by atoms with E-state index in [0.29, 0.717) is 25.3 Å². The monoisotopic (exact) mass is 446 g/mol. The van der Waals surface area contributed by atoms with E-state index >= 15 is 0 Å². The Labute approximate surface area is 193 Å². The number of aryl methyl sites for hydroxylation is 1. The van der Waals surface area contributed by atoms with E-state index in [4.69, 9.17) is 0 Å². The molecular weight excluding hydrogens is 416 g/mol. The van der Waals surface area contributed by atoms with Gasteiger partial charge in [-0.2, -0.15) is 0 Å². The van der Waals surface area contributed by atoms with Gasteiger partial charge in [0.2, 0.25) is 11.8 Å². The van der Waals surface area contributed by atoms with Crippen LogP contribution in [0, 0.1) is 0 Å². The summed E-state index contributed by atoms with van der Waals surface area (Å²) in [5.41, 5.74) is 2.64. The summed E-state index contributed by atoms with van der Waals surface area (Å²) in [5.74, 6) is -0.801. The van der Waals surface area contributed by atoms with Crippen molar-refractivity contribution in [1.82, 2.24) is 20.1 Å². The van der Waals surface area contributed by atoms with Crippen molar-refractivity contribution in [2.45, 2.75) is 45.8 Å². The summed E-state index contributed by atoms with van der Waals surface area (Å²) < 4.78 is 1.91. The van der Waals surface area contributed by atoms with Gasteiger partial charge in [-0.05, 0) is 43.5 Å². The van der Waals surface area contributed by atoms with E-state index in [9.17, 15) is 14.4 Å².